The SMILES string of the molecule is CC(O)C(N)C(=O)NC(CCC(N)=O)C(=O)NC(CC(=O)O)C(=O)NC(CC(=O)O)C(=O)O. The molecule has 0 aliphatic carbocycles. The number of hydrogen-bond donors (Lipinski definition) is 9. The van der Waals surface area contributed by atoms with Gasteiger partial charge >= 0.3 is 17.9 Å². The van der Waals surface area contributed by atoms with E-state index in [1.165, 1.54) is 6.92 Å². The molecule has 33 heavy (non-hydrogen) atoms. The summed E-state index contributed by atoms with van der Waals surface area (Å²) in [4.78, 5) is 81.1. The molecule has 0 heterocycles. The number of amides is 4. The van der Waals surface area contributed by atoms with Crippen LogP contribution in [0.5, 0.6) is 0 Å². The molecule has 16 nitrogen and oxygen atoms in total. The molecule has 186 valence electrons. The molecule has 0 spiro atoms. The molecular formula is C17H27N5O11. The van der Waals surface area contributed by atoms with E-state index in [0.29, 0.717) is 0 Å². The first-order valence-corrected chi connectivity index (χ1v) is 9.45. The summed E-state index contributed by atoms with van der Waals surface area (Å²) >= 11 is 0. The predicted molar refractivity (Wildman–Crippen MR) is 106 cm³/mol. The van der Waals surface area contributed by atoms with Crippen LogP contribution in [0.25, 0.3) is 0 Å². The van der Waals surface area contributed by atoms with E-state index in [0.717, 1.165) is 0 Å². The molecule has 5 atom stereocenters. The Morgan fingerprint density at radius 2 is 1.18 bits per heavy atom. The van der Waals surface area contributed by atoms with Crippen molar-refractivity contribution in [3.8, 4) is 0 Å². The summed E-state index contributed by atoms with van der Waals surface area (Å²) in [6.07, 6.45) is -4.14. The van der Waals surface area contributed by atoms with Crippen molar-refractivity contribution in [2.24, 2.45) is 11.5 Å². The van der Waals surface area contributed by atoms with E-state index in [-0.39, 0.29) is 6.42 Å². The fourth-order valence-corrected chi connectivity index (χ4v) is 2.35. The Balaban J connectivity index is 5.61. The van der Waals surface area contributed by atoms with Crippen LogP contribution >= 0.6 is 0 Å². The number of nitrogens with two attached hydrogens (primary N) is 2. The van der Waals surface area contributed by atoms with Crippen LogP contribution in [0.1, 0.15) is 32.6 Å². The van der Waals surface area contributed by atoms with Crippen LogP contribution < -0.4 is 27.4 Å². The topological polar surface area (TPSA) is 289 Å². The number of carboxylic acid groups (broad SMARTS) is 3. The Morgan fingerprint density at radius 3 is 1.61 bits per heavy atom. The summed E-state index contributed by atoms with van der Waals surface area (Å²) in [5.41, 5.74) is 10.5. The highest BCUT2D eigenvalue weighted by Crippen LogP contribution is 2.04. The van der Waals surface area contributed by atoms with Crippen LogP contribution in [-0.2, 0) is 33.6 Å². The van der Waals surface area contributed by atoms with Gasteiger partial charge in [-0.3, -0.25) is 28.8 Å². The number of primary amides is 1. The van der Waals surface area contributed by atoms with E-state index < -0.39 is 91.1 Å². The zero-order valence-corrected chi connectivity index (χ0v) is 17.5. The van der Waals surface area contributed by atoms with Gasteiger partial charge in [0.25, 0.3) is 0 Å². The highest BCUT2D eigenvalue weighted by atomic mass is 16.4. The Bertz CT molecular complexity index is 785. The second-order valence-electron chi connectivity index (χ2n) is 6.99. The lowest BCUT2D eigenvalue weighted by Crippen LogP contribution is -2.58. The van der Waals surface area contributed by atoms with E-state index in [1.54, 1.807) is 0 Å². The monoisotopic (exact) mass is 477 g/mol. The maximum Gasteiger partial charge on any atom is 0.326 e. The van der Waals surface area contributed by atoms with E-state index in [9.17, 15) is 38.7 Å². The number of aliphatic hydroxyl groups excluding tert-OH is 1. The molecule has 0 radical (unpaired) electrons. The molecule has 0 aliphatic rings. The summed E-state index contributed by atoms with van der Waals surface area (Å²) in [6.45, 7) is 1.20. The molecular weight excluding hydrogens is 450 g/mol. The van der Waals surface area contributed by atoms with Crippen molar-refractivity contribution in [2.45, 2.75) is 62.9 Å². The van der Waals surface area contributed by atoms with E-state index in [2.05, 4.69) is 5.32 Å². The number of aliphatic hydroxyl groups is 1. The Kier molecular flexibility index (Phi) is 12.0. The molecule has 16 heteroatoms. The van der Waals surface area contributed by atoms with Crippen LogP contribution in [0.3, 0.4) is 0 Å². The van der Waals surface area contributed by atoms with Gasteiger partial charge in [0.05, 0.1) is 18.9 Å². The molecule has 5 unspecified atom stereocenters. The van der Waals surface area contributed by atoms with Crippen molar-refractivity contribution < 1.29 is 54.0 Å². The fourth-order valence-electron chi connectivity index (χ4n) is 2.35. The van der Waals surface area contributed by atoms with E-state index in [1.807, 2.05) is 10.6 Å². The van der Waals surface area contributed by atoms with Crippen molar-refractivity contribution in [3.05, 3.63) is 0 Å². The zero-order chi connectivity index (χ0) is 25.9. The van der Waals surface area contributed by atoms with Gasteiger partial charge in [0.1, 0.15) is 24.2 Å². The molecule has 0 saturated carbocycles. The molecule has 0 aromatic carbocycles. The third-order valence-electron chi connectivity index (χ3n) is 4.14. The summed E-state index contributed by atoms with van der Waals surface area (Å²) in [5, 5.41) is 42.1. The molecule has 0 saturated heterocycles. The predicted octanol–water partition coefficient (Wildman–Crippen LogP) is -4.55. The van der Waals surface area contributed by atoms with E-state index >= 15 is 0 Å². The van der Waals surface area contributed by atoms with Crippen molar-refractivity contribution in [2.75, 3.05) is 0 Å². The zero-order valence-electron chi connectivity index (χ0n) is 17.5. The molecule has 0 aromatic rings. The molecule has 0 aromatic heterocycles. The van der Waals surface area contributed by atoms with E-state index in [4.69, 9.17) is 26.8 Å². The number of hydrogen-bond acceptors (Lipinski definition) is 9. The fraction of sp³-hybridized carbons (Fsp3) is 0.588. The minimum absolute atomic E-state index is 0.377. The van der Waals surface area contributed by atoms with Crippen molar-refractivity contribution >= 4 is 41.5 Å². The number of rotatable bonds is 15. The van der Waals surface area contributed by atoms with Gasteiger partial charge in [-0.05, 0) is 13.3 Å². The largest absolute Gasteiger partial charge is 0.481 e. The Labute approximate surface area is 186 Å². The normalized spacial score (nSPS) is 15.1. The second-order valence-corrected chi connectivity index (χ2v) is 6.99. The summed E-state index contributed by atoms with van der Waals surface area (Å²) < 4.78 is 0. The lowest BCUT2D eigenvalue weighted by atomic mass is 10.1. The smallest absolute Gasteiger partial charge is 0.326 e. The Hall–Kier alpha value is -3.79. The molecule has 11 N–H and O–H groups in total. The summed E-state index contributed by atoms with van der Waals surface area (Å²) in [6, 6.07) is -6.78. The van der Waals surface area contributed by atoms with Gasteiger partial charge in [-0.25, -0.2) is 4.79 Å². The van der Waals surface area contributed by atoms with Crippen LogP contribution in [0.4, 0.5) is 0 Å². The van der Waals surface area contributed by atoms with Gasteiger partial charge in [0.2, 0.25) is 23.6 Å². The highest BCUT2D eigenvalue weighted by molar-refractivity contribution is 5.96. The first-order chi connectivity index (χ1) is 15.1. The third-order valence-corrected chi connectivity index (χ3v) is 4.14. The van der Waals surface area contributed by atoms with Gasteiger partial charge in [-0.1, -0.05) is 0 Å². The third kappa shape index (κ3) is 11.4. The van der Waals surface area contributed by atoms with Crippen LogP contribution in [0, 0.1) is 0 Å². The van der Waals surface area contributed by atoms with Gasteiger partial charge in [0, 0.05) is 6.42 Å². The first-order valence-electron chi connectivity index (χ1n) is 9.45. The van der Waals surface area contributed by atoms with Gasteiger partial charge in [0.15, 0.2) is 0 Å². The quantitative estimate of drug-likeness (QED) is 0.108. The minimum Gasteiger partial charge on any atom is -0.481 e. The molecule has 0 rings (SSSR count). The maximum absolute atomic E-state index is 12.6. The average Bonchev–Trinajstić information content (AvgIpc) is 2.67. The number of carbonyl (C=O) groups excluding carboxylic acids is 4. The van der Waals surface area contributed by atoms with Crippen molar-refractivity contribution in [1.82, 2.24) is 16.0 Å². The number of carbonyl (C=O) groups is 7. The van der Waals surface area contributed by atoms with Crippen molar-refractivity contribution in [1.29, 1.82) is 0 Å². The molecule has 4 amide bonds. The molecule has 0 bridgehead atoms. The number of carboxylic acids is 3. The summed E-state index contributed by atoms with van der Waals surface area (Å²) in [5.74, 6) is -9.17. The Morgan fingerprint density at radius 1 is 0.758 bits per heavy atom. The first kappa shape index (κ1) is 29.2. The standard InChI is InChI=1S/C17H27N5O11/c1-6(23)13(19)16(31)20-7(2-3-10(18)24)14(29)21-8(4-11(25)26)15(30)22-9(17(32)33)5-12(27)28/h6-9,13,23H,2-5,19H2,1H3,(H2,18,24)(H,20,31)(H,21,29)(H,22,30)(H,25,26)(H,27,28)(H,32,33). The van der Waals surface area contributed by atoms with Crippen LogP contribution in [0.2, 0.25) is 0 Å². The maximum atomic E-state index is 12.6. The highest BCUT2D eigenvalue weighted by Gasteiger charge is 2.32. The summed E-state index contributed by atoms with van der Waals surface area (Å²) in [7, 11) is 0. The van der Waals surface area contributed by atoms with Gasteiger partial charge < -0.3 is 47.8 Å². The van der Waals surface area contributed by atoms with Crippen LogP contribution in [0.15, 0.2) is 0 Å². The molecule has 0 aliphatic heterocycles. The van der Waals surface area contributed by atoms with Crippen molar-refractivity contribution in [3.63, 3.8) is 0 Å². The number of aliphatic carboxylic acids is 3. The number of nitrogens with one attached hydrogen (secondary N) is 3. The average molecular weight is 477 g/mol. The lowest BCUT2D eigenvalue weighted by molar-refractivity contribution is -0.148. The van der Waals surface area contributed by atoms with Gasteiger partial charge in [-0.2, -0.15) is 0 Å². The van der Waals surface area contributed by atoms with Crippen LogP contribution in [-0.4, -0.2) is 92.2 Å². The minimum atomic E-state index is -1.92. The molecule has 0 fully saturated rings. The second kappa shape index (κ2) is 13.6. The van der Waals surface area contributed by atoms with Gasteiger partial charge in [-0.15, -0.1) is 0 Å². The lowest BCUT2D eigenvalue weighted by Gasteiger charge is -2.24.